The summed E-state index contributed by atoms with van der Waals surface area (Å²) in [6.45, 7) is 8.40. The second kappa shape index (κ2) is 14.4. The first-order chi connectivity index (χ1) is 15.3. The van der Waals surface area contributed by atoms with E-state index in [1.165, 1.54) is 6.92 Å². The van der Waals surface area contributed by atoms with Gasteiger partial charge in [0.2, 0.25) is 23.6 Å². The van der Waals surface area contributed by atoms with Crippen LogP contribution in [0, 0.1) is 11.8 Å². The normalized spacial score (nSPS) is 17.4. The van der Waals surface area contributed by atoms with Gasteiger partial charge in [0.1, 0.15) is 18.1 Å². The molecule has 0 fully saturated rings. The summed E-state index contributed by atoms with van der Waals surface area (Å²) in [7, 11) is 0. The number of aliphatic hydroxyl groups is 1. The van der Waals surface area contributed by atoms with Crippen LogP contribution in [0.3, 0.4) is 0 Å². The summed E-state index contributed by atoms with van der Waals surface area (Å²) in [5, 5.41) is 26.6. The minimum absolute atomic E-state index is 0.158. The number of aliphatic hydroxyl groups excluding tert-OH is 1. The third-order valence-electron chi connectivity index (χ3n) is 5.71. The molecule has 0 aliphatic carbocycles. The number of aliphatic carboxylic acids is 1. The highest BCUT2D eigenvalue weighted by Crippen LogP contribution is 2.11. The summed E-state index contributed by atoms with van der Waals surface area (Å²) in [6.07, 6.45) is -0.651. The van der Waals surface area contributed by atoms with Gasteiger partial charge in [-0.15, -0.1) is 0 Å². The third-order valence-corrected chi connectivity index (χ3v) is 5.71. The van der Waals surface area contributed by atoms with E-state index in [0.717, 1.165) is 0 Å². The van der Waals surface area contributed by atoms with Crippen LogP contribution in [0.4, 0.5) is 0 Å². The van der Waals surface area contributed by atoms with Crippen molar-refractivity contribution in [1.29, 1.82) is 0 Å². The van der Waals surface area contributed by atoms with Crippen molar-refractivity contribution in [2.75, 3.05) is 0 Å². The van der Waals surface area contributed by atoms with Gasteiger partial charge in [-0.1, -0.05) is 40.5 Å². The highest BCUT2D eigenvalue weighted by molar-refractivity contribution is 5.94. The number of carboxylic acids is 1. The number of carbonyl (C=O) groups excluding carboxylic acids is 4. The molecule has 0 aromatic carbocycles. The largest absolute Gasteiger partial charge is 0.480 e. The van der Waals surface area contributed by atoms with E-state index in [9.17, 15) is 34.2 Å². The van der Waals surface area contributed by atoms with Crippen molar-refractivity contribution >= 4 is 29.6 Å². The van der Waals surface area contributed by atoms with Crippen molar-refractivity contribution in [3.8, 4) is 0 Å². The van der Waals surface area contributed by atoms with E-state index >= 15 is 0 Å². The Bertz CT molecular complexity index is 700. The van der Waals surface area contributed by atoms with Crippen LogP contribution in [0.15, 0.2) is 0 Å². The molecule has 0 saturated carbocycles. The molecule has 0 aromatic rings. The van der Waals surface area contributed by atoms with E-state index in [-0.39, 0.29) is 18.8 Å². The van der Waals surface area contributed by atoms with Gasteiger partial charge in [0, 0.05) is 6.42 Å². The first-order valence-electron chi connectivity index (χ1n) is 11.1. The molecule has 4 amide bonds. The SMILES string of the molecule is CCC(C)C(N)C(=O)NC(C(=O)NC(C(=O)NC(CCC(N)=O)C(=O)O)C(C)CC)C(C)O. The molecule has 0 saturated heterocycles. The van der Waals surface area contributed by atoms with Gasteiger partial charge in [-0.05, 0) is 25.2 Å². The van der Waals surface area contributed by atoms with Crippen LogP contribution in [-0.2, 0) is 24.0 Å². The van der Waals surface area contributed by atoms with Crippen molar-refractivity contribution < 1.29 is 34.2 Å². The Labute approximate surface area is 194 Å². The summed E-state index contributed by atoms with van der Waals surface area (Å²) in [4.78, 5) is 60.5. The lowest BCUT2D eigenvalue weighted by atomic mass is 9.96. The minimum atomic E-state index is -1.38. The fourth-order valence-electron chi connectivity index (χ4n) is 2.92. The number of hydrogen-bond acceptors (Lipinski definition) is 7. The first kappa shape index (κ1) is 30.3. The average Bonchev–Trinajstić information content (AvgIpc) is 2.75. The Morgan fingerprint density at radius 3 is 1.73 bits per heavy atom. The molecular formula is C21H39N5O7. The molecule has 9 N–H and O–H groups in total. The van der Waals surface area contributed by atoms with Gasteiger partial charge < -0.3 is 37.6 Å². The van der Waals surface area contributed by atoms with Crippen LogP contribution in [0.2, 0.25) is 0 Å². The lowest BCUT2D eigenvalue weighted by molar-refractivity contribution is -0.143. The number of nitrogens with two attached hydrogens (primary N) is 2. The maximum absolute atomic E-state index is 12.9. The standard InChI is InChI=1S/C21H39N5O7/c1-6-10(3)15(23)18(29)26-17(12(5)27)20(31)25-16(11(4)7-2)19(30)24-13(21(32)33)8-9-14(22)28/h10-13,15-17,27H,6-9,23H2,1-5H3,(H2,22,28)(H,24,30)(H,25,31)(H,26,29)(H,32,33). The van der Waals surface area contributed by atoms with Crippen LogP contribution in [0.5, 0.6) is 0 Å². The molecule has 0 aliphatic heterocycles. The summed E-state index contributed by atoms with van der Waals surface area (Å²) < 4.78 is 0. The molecule has 12 heteroatoms. The zero-order valence-corrected chi connectivity index (χ0v) is 20.0. The third kappa shape index (κ3) is 10.2. The summed E-state index contributed by atoms with van der Waals surface area (Å²) in [6, 6.07) is -4.80. The summed E-state index contributed by atoms with van der Waals surface area (Å²) in [5.41, 5.74) is 10.9. The number of nitrogens with one attached hydrogen (secondary N) is 3. The number of primary amides is 1. The Hall–Kier alpha value is -2.73. The van der Waals surface area contributed by atoms with Gasteiger partial charge in [0.15, 0.2) is 0 Å². The van der Waals surface area contributed by atoms with Crippen molar-refractivity contribution in [3.05, 3.63) is 0 Å². The van der Waals surface area contributed by atoms with Crippen molar-refractivity contribution in [2.24, 2.45) is 23.3 Å². The van der Waals surface area contributed by atoms with E-state index in [2.05, 4.69) is 16.0 Å². The van der Waals surface area contributed by atoms with E-state index in [0.29, 0.717) is 12.8 Å². The fourth-order valence-corrected chi connectivity index (χ4v) is 2.92. The fraction of sp³-hybridized carbons (Fsp3) is 0.762. The van der Waals surface area contributed by atoms with E-state index in [1.807, 2.05) is 6.92 Å². The van der Waals surface area contributed by atoms with Gasteiger partial charge in [-0.25, -0.2) is 4.79 Å². The van der Waals surface area contributed by atoms with Crippen molar-refractivity contribution in [1.82, 2.24) is 16.0 Å². The van der Waals surface area contributed by atoms with Crippen molar-refractivity contribution in [3.63, 3.8) is 0 Å². The van der Waals surface area contributed by atoms with Gasteiger partial charge >= 0.3 is 5.97 Å². The molecule has 0 bridgehead atoms. The molecule has 12 nitrogen and oxygen atoms in total. The van der Waals surface area contributed by atoms with E-state index < -0.39 is 65.8 Å². The Morgan fingerprint density at radius 2 is 1.30 bits per heavy atom. The molecule has 0 aromatic heterocycles. The average molecular weight is 474 g/mol. The molecule has 0 radical (unpaired) electrons. The summed E-state index contributed by atoms with van der Waals surface area (Å²) >= 11 is 0. The number of amides is 4. The Balaban J connectivity index is 5.52. The van der Waals surface area contributed by atoms with Gasteiger partial charge in [0.05, 0.1) is 12.1 Å². The molecule has 7 atom stereocenters. The maximum atomic E-state index is 12.9. The monoisotopic (exact) mass is 473 g/mol. The van der Waals surface area contributed by atoms with E-state index in [1.54, 1.807) is 20.8 Å². The molecule has 0 heterocycles. The van der Waals surface area contributed by atoms with Crippen molar-refractivity contribution in [2.45, 2.75) is 90.6 Å². The molecule has 190 valence electrons. The maximum Gasteiger partial charge on any atom is 0.326 e. The van der Waals surface area contributed by atoms with Crippen LogP contribution < -0.4 is 27.4 Å². The van der Waals surface area contributed by atoms with Gasteiger partial charge in [-0.2, -0.15) is 0 Å². The second-order valence-corrected chi connectivity index (χ2v) is 8.41. The number of rotatable bonds is 15. The highest BCUT2D eigenvalue weighted by atomic mass is 16.4. The quantitative estimate of drug-likeness (QED) is 0.150. The first-order valence-corrected chi connectivity index (χ1v) is 11.1. The Kier molecular flexibility index (Phi) is 13.2. The van der Waals surface area contributed by atoms with Crippen LogP contribution in [0.25, 0.3) is 0 Å². The number of carboxylic acid groups (broad SMARTS) is 1. The molecule has 0 spiro atoms. The predicted octanol–water partition coefficient (Wildman–Crippen LogP) is -1.41. The molecule has 7 unspecified atom stereocenters. The molecule has 33 heavy (non-hydrogen) atoms. The molecular weight excluding hydrogens is 434 g/mol. The van der Waals surface area contributed by atoms with Crippen LogP contribution in [-0.4, -0.2) is 70.1 Å². The number of hydrogen-bond donors (Lipinski definition) is 7. The van der Waals surface area contributed by atoms with Gasteiger partial charge in [-0.3, -0.25) is 19.2 Å². The smallest absolute Gasteiger partial charge is 0.326 e. The lowest BCUT2D eigenvalue weighted by Crippen LogP contribution is -2.61. The van der Waals surface area contributed by atoms with Crippen LogP contribution >= 0.6 is 0 Å². The highest BCUT2D eigenvalue weighted by Gasteiger charge is 2.34. The lowest BCUT2D eigenvalue weighted by Gasteiger charge is -2.29. The Morgan fingerprint density at radius 1 is 0.818 bits per heavy atom. The van der Waals surface area contributed by atoms with Gasteiger partial charge in [0.25, 0.3) is 0 Å². The van der Waals surface area contributed by atoms with Crippen LogP contribution in [0.1, 0.15) is 60.3 Å². The zero-order valence-electron chi connectivity index (χ0n) is 20.0. The second-order valence-electron chi connectivity index (χ2n) is 8.41. The zero-order chi connectivity index (χ0) is 25.9. The van der Waals surface area contributed by atoms with E-state index in [4.69, 9.17) is 11.5 Å². The topological polar surface area (TPSA) is 214 Å². The molecule has 0 aliphatic rings. The minimum Gasteiger partial charge on any atom is -0.480 e. The molecule has 0 rings (SSSR count). The number of carbonyl (C=O) groups is 5. The predicted molar refractivity (Wildman–Crippen MR) is 120 cm³/mol. The summed E-state index contributed by atoms with van der Waals surface area (Å²) in [5.74, 6) is -4.85.